The van der Waals surface area contributed by atoms with E-state index in [9.17, 15) is 4.79 Å². The minimum atomic E-state index is 0.0328. The number of carbonyl (C=O) groups is 1. The minimum absolute atomic E-state index is 0.0328. The molecular formula is C11H21N3O. The molecule has 2 rings (SSSR count). The summed E-state index contributed by atoms with van der Waals surface area (Å²) >= 11 is 0. The minimum Gasteiger partial charge on any atom is -0.345 e. The van der Waals surface area contributed by atoms with Crippen LogP contribution in [0.3, 0.4) is 0 Å². The number of amides is 1. The molecule has 0 aromatic carbocycles. The van der Waals surface area contributed by atoms with Crippen LogP contribution in [-0.2, 0) is 4.79 Å². The van der Waals surface area contributed by atoms with Gasteiger partial charge in [-0.25, -0.2) is 0 Å². The van der Waals surface area contributed by atoms with Gasteiger partial charge >= 0.3 is 0 Å². The monoisotopic (exact) mass is 211 g/mol. The lowest BCUT2D eigenvalue weighted by atomic mass is 9.86. The van der Waals surface area contributed by atoms with Crippen molar-refractivity contribution in [3.63, 3.8) is 0 Å². The summed E-state index contributed by atoms with van der Waals surface area (Å²) in [6.07, 6.45) is 2.57. The Hall–Kier alpha value is -0.610. The number of likely N-dealkylation sites (N-methyl/N-ethyl adjacent to an activating group) is 1. The predicted octanol–water partition coefficient (Wildman–Crippen LogP) is -0.112. The summed E-state index contributed by atoms with van der Waals surface area (Å²) in [6.45, 7) is 5.12. The van der Waals surface area contributed by atoms with Crippen molar-refractivity contribution in [2.75, 3.05) is 33.2 Å². The van der Waals surface area contributed by atoms with E-state index >= 15 is 0 Å². The van der Waals surface area contributed by atoms with Gasteiger partial charge in [0.15, 0.2) is 0 Å². The predicted molar refractivity (Wildman–Crippen MR) is 59.4 cm³/mol. The molecule has 2 N–H and O–H groups in total. The van der Waals surface area contributed by atoms with Crippen LogP contribution in [0.5, 0.6) is 0 Å². The van der Waals surface area contributed by atoms with E-state index in [0.717, 1.165) is 25.6 Å². The topological polar surface area (TPSA) is 49.6 Å². The van der Waals surface area contributed by atoms with Crippen molar-refractivity contribution >= 4 is 5.91 Å². The molecule has 1 amide bonds. The van der Waals surface area contributed by atoms with Gasteiger partial charge < -0.3 is 10.6 Å². The highest BCUT2D eigenvalue weighted by Crippen LogP contribution is 2.42. The molecule has 0 aromatic heterocycles. The van der Waals surface area contributed by atoms with Crippen LogP contribution in [0, 0.1) is 5.92 Å². The summed E-state index contributed by atoms with van der Waals surface area (Å²) in [6, 6.07) is 0. The first-order valence-electron chi connectivity index (χ1n) is 5.80. The average Bonchev–Trinajstić information content (AvgIpc) is 2.96. The van der Waals surface area contributed by atoms with E-state index in [-0.39, 0.29) is 11.4 Å². The van der Waals surface area contributed by atoms with E-state index in [1.807, 2.05) is 14.0 Å². The SMILES string of the molecule is CCN(C)C(=O)CN1CC(N)(C2CC2)C1. The molecule has 0 bridgehead atoms. The van der Waals surface area contributed by atoms with Gasteiger partial charge in [0.25, 0.3) is 0 Å². The molecule has 2 aliphatic rings. The Morgan fingerprint density at radius 3 is 2.60 bits per heavy atom. The molecule has 4 nitrogen and oxygen atoms in total. The van der Waals surface area contributed by atoms with Gasteiger partial charge in [-0.05, 0) is 25.7 Å². The molecule has 0 spiro atoms. The first-order valence-corrected chi connectivity index (χ1v) is 5.80. The molecule has 0 unspecified atom stereocenters. The third kappa shape index (κ3) is 2.16. The van der Waals surface area contributed by atoms with Crippen LogP contribution in [0.4, 0.5) is 0 Å². The fourth-order valence-corrected chi connectivity index (χ4v) is 2.30. The number of carbonyl (C=O) groups excluding carboxylic acids is 1. The molecule has 0 atom stereocenters. The fourth-order valence-electron chi connectivity index (χ4n) is 2.30. The Kier molecular flexibility index (Phi) is 2.73. The van der Waals surface area contributed by atoms with E-state index < -0.39 is 0 Å². The van der Waals surface area contributed by atoms with Gasteiger partial charge in [-0.2, -0.15) is 0 Å². The molecule has 1 aliphatic carbocycles. The Morgan fingerprint density at radius 2 is 2.13 bits per heavy atom. The van der Waals surface area contributed by atoms with Gasteiger partial charge in [-0.3, -0.25) is 9.69 Å². The maximum absolute atomic E-state index is 11.6. The van der Waals surface area contributed by atoms with Gasteiger partial charge in [-0.1, -0.05) is 0 Å². The Bertz CT molecular complexity index is 257. The molecular weight excluding hydrogens is 190 g/mol. The van der Waals surface area contributed by atoms with Crippen LogP contribution < -0.4 is 5.73 Å². The van der Waals surface area contributed by atoms with Crippen molar-refractivity contribution in [1.29, 1.82) is 0 Å². The molecule has 1 aliphatic heterocycles. The molecule has 86 valence electrons. The maximum Gasteiger partial charge on any atom is 0.236 e. The molecule has 1 saturated carbocycles. The molecule has 1 saturated heterocycles. The first-order chi connectivity index (χ1) is 7.05. The zero-order valence-corrected chi connectivity index (χ0v) is 9.70. The van der Waals surface area contributed by atoms with E-state index in [1.165, 1.54) is 12.8 Å². The van der Waals surface area contributed by atoms with Crippen molar-refractivity contribution in [2.24, 2.45) is 11.7 Å². The van der Waals surface area contributed by atoms with Gasteiger partial charge in [0.2, 0.25) is 5.91 Å². The van der Waals surface area contributed by atoms with Crippen LogP contribution in [0.15, 0.2) is 0 Å². The Labute approximate surface area is 91.4 Å². The van der Waals surface area contributed by atoms with E-state index in [0.29, 0.717) is 6.54 Å². The van der Waals surface area contributed by atoms with Gasteiger partial charge in [0, 0.05) is 32.2 Å². The summed E-state index contributed by atoms with van der Waals surface area (Å²) in [7, 11) is 1.85. The van der Waals surface area contributed by atoms with Crippen molar-refractivity contribution in [1.82, 2.24) is 9.80 Å². The highest BCUT2D eigenvalue weighted by Gasteiger charge is 2.50. The first kappa shape index (κ1) is 10.9. The third-order valence-corrected chi connectivity index (χ3v) is 3.69. The van der Waals surface area contributed by atoms with Crippen LogP contribution in [0.1, 0.15) is 19.8 Å². The lowest BCUT2D eigenvalue weighted by molar-refractivity contribution is -0.133. The van der Waals surface area contributed by atoms with Crippen LogP contribution in [-0.4, -0.2) is 54.5 Å². The zero-order chi connectivity index (χ0) is 11.1. The molecule has 1 heterocycles. The Balaban J connectivity index is 1.73. The van der Waals surface area contributed by atoms with Crippen LogP contribution >= 0.6 is 0 Å². The van der Waals surface area contributed by atoms with Crippen LogP contribution in [0.25, 0.3) is 0 Å². The summed E-state index contributed by atoms with van der Waals surface area (Å²) in [5, 5.41) is 0. The molecule has 2 fully saturated rings. The normalized spacial score (nSPS) is 24.7. The maximum atomic E-state index is 11.6. The number of hydrogen-bond donors (Lipinski definition) is 1. The lowest BCUT2D eigenvalue weighted by Crippen LogP contribution is -2.69. The van der Waals surface area contributed by atoms with Gasteiger partial charge in [0.1, 0.15) is 0 Å². The van der Waals surface area contributed by atoms with Crippen molar-refractivity contribution < 1.29 is 4.79 Å². The third-order valence-electron chi connectivity index (χ3n) is 3.69. The van der Waals surface area contributed by atoms with Gasteiger partial charge in [0.05, 0.1) is 6.54 Å². The smallest absolute Gasteiger partial charge is 0.236 e. The average molecular weight is 211 g/mol. The number of likely N-dealkylation sites (tertiary alicyclic amines) is 1. The Morgan fingerprint density at radius 1 is 1.53 bits per heavy atom. The van der Waals surface area contributed by atoms with Crippen LogP contribution in [0.2, 0.25) is 0 Å². The number of nitrogens with two attached hydrogens (primary N) is 1. The lowest BCUT2D eigenvalue weighted by Gasteiger charge is -2.48. The number of rotatable bonds is 4. The second-order valence-corrected chi connectivity index (χ2v) is 5.06. The number of nitrogens with zero attached hydrogens (tertiary/aromatic N) is 2. The fraction of sp³-hybridized carbons (Fsp3) is 0.909. The molecule has 4 heteroatoms. The summed E-state index contributed by atoms with van der Waals surface area (Å²) in [5.74, 6) is 0.933. The quantitative estimate of drug-likeness (QED) is 0.706. The van der Waals surface area contributed by atoms with Crippen molar-refractivity contribution in [3.05, 3.63) is 0 Å². The standard InChI is InChI=1S/C11H21N3O/c1-3-13(2)10(15)6-14-7-11(12,8-14)9-4-5-9/h9H,3-8,12H2,1-2H3. The summed E-state index contributed by atoms with van der Waals surface area (Å²) in [4.78, 5) is 15.5. The van der Waals surface area contributed by atoms with E-state index in [4.69, 9.17) is 5.73 Å². The zero-order valence-electron chi connectivity index (χ0n) is 9.70. The highest BCUT2D eigenvalue weighted by atomic mass is 16.2. The van der Waals surface area contributed by atoms with Gasteiger partial charge in [-0.15, -0.1) is 0 Å². The largest absolute Gasteiger partial charge is 0.345 e. The van der Waals surface area contributed by atoms with Crippen molar-refractivity contribution in [3.8, 4) is 0 Å². The molecule has 0 aromatic rings. The molecule has 15 heavy (non-hydrogen) atoms. The summed E-state index contributed by atoms with van der Waals surface area (Å²) in [5.41, 5.74) is 6.25. The van der Waals surface area contributed by atoms with E-state index in [2.05, 4.69) is 4.90 Å². The molecule has 0 radical (unpaired) electrons. The summed E-state index contributed by atoms with van der Waals surface area (Å²) < 4.78 is 0. The van der Waals surface area contributed by atoms with Crippen molar-refractivity contribution in [2.45, 2.75) is 25.3 Å². The second kappa shape index (κ2) is 3.76. The van der Waals surface area contributed by atoms with E-state index in [1.54, 1.807) is 4.90 Å². The number of hydrogen-bond acceptors (Lipinski definition) is 3. The highest BCUT2D eigenvalue weighted by molar-refractivity contribution is 5.78. The second-order valence-electron chi connectivity index (χ2n) is 5.06.